The van der Waals surface area contributed by atoms with Gasteiger partial charge in [-0.15, -0.1) is 0 Å². The summed E-state index contributed by atoms with van der Waals surface area (Å²) >= 11 is 0. The van der Waals surface area contributed by atoms with Crippen molar-refractivity contribution in [1.29, 1.82) is 0 Å². The molecule has 5 rings (SSSR count). The molecule has 0 bridgehead atoms. The number of hydrogen-bond donors (Lipinski definition) is 0. The third-order valence-electron chi connectivity index (χ3n) is 7.67. The van der Waals surface area contributed by atoms with E-state index in [1.165, 1.54) is 11.9 Å². The van der Waals surface area contributed by atoms with Gasteiger partial charge in [-0.2, -0.15) is 0 Å². The topological polar surface area (TPSA) is 115 Å². The van der Waals surface area contributed by atoms with Crippen molar-refractivity contribution in [3.63, 3.8) is 0 Å². The summed E-state index contributed by atoms with van der Waals surface area (Å²) in [6.45, 7) is 13.3. The molecule has 1 atom stereocenters. The van der Waals surface area contributed by atoms with Crippen LogP contribution in [-0.4, -0.2) is 94.5 Å². The number of nitro groups is 1. The van der Waals surface area contributed by atoms with Crippen LogP contribution >= 0.6 is 0 Å². The average Bonchev–Trinajstić information content (AvgIpc) is 3.36. The first kappa shape index (κ1) is 28.0. The fraction of sp³-hybridized carbons (Fsp3) is 0.643. The van der Waals surface area contributed by atoms with Gasteiger partial charge in [0.1, 0.15) is 30.3 Å². The molecular formula is C28H40N6O6. The molecule has 0 aliphatic carbocycles. The summed E-state index contributed by atoms with van der Waals surface area (Å²) in [6, 6.07) is 8.42. The predicted octanol–water partition coefficient (Wildman–Crippen LogP) is 3.79. The monoisotopic (exact) mass is 556 g/mol. The Morgan fingerprint density at radius 2 is 1.75 bits per heavy atom. The molecule has 2 saturated heterocycles. The van der Waals surface area contributed by atoms with E-state index in [0.29, 0.717) is 25.5 Å². The van der Waals surface area contributed by atoms with E-state index in [4.69, 9.17) is 14.2 Å². The number of piperidine rings is 1. The number of carbonyl (C=O) groups is 1. The van der Waals surface area contributed by atoms with Crippen molar-refractivity contribution in [3.05, 3.63) is 40.6 Å². The van der Waals surface area contributed by atoms with Gasteiger partial charge in [-0.05, 0) is 68.7 Å². The van der Waals surface area contributed by atoms with Crippen LogP contribution in [0.15, 0.2) is 30.5 Å². The van der Waals surface area contributed by atoms with Crippen LogP contribution in [0.3, 0.4) is 0 Å². The number of benzene rings is 1. The Morgan fingerprint density at radius 3 is 2.40 bits per heavy atom. The summed E-state index contributed by atoms with van der Waals surface area (Å²) in [5.41, 5.74) is 0.729. The van der Waals surface area contributed by atoms with Crippen LogP contribution in [0, 0.1) is 16.0 Å². The van der Waals surface area contributed by atoms with Gasteiger partial charge in [0.25, 0.3) is 0 Å². The maximum atomic E-state index is 12.3. The first-order valence-corrected chi connectivity index (χ1v) is 14.2. The number of aryl methyl sites for hydroxylation is 1. The average molecular weight is 557 g/mol. The predicted molar refractivity (Wildman–Crippen MR) is 149 cm³/mol. The van der Waals surface area contributed by atoms with Crippen LogP contribution in [0.5, 0.6) is 11.8 Å². The maximum absolute atomic E-state index is 12.3. The first-order valence-electron chi connectivity index (χ1n) is 14.2. The van der Waals surface area contributed by atoms with E-state index in [1.54, 1.807) is 4.57 Å². The molecule has 1 aromatic carbocycles. The summed E-state index contributed by atoms with van der Waals surface area (Å²) in [5, 5.41) is 10.9. The largest absolute Gasteiger partial charge is 0.490 e. The number of likely N-dealkylation sites (tertiary alicyclic amines) is 1. The molecule has 3 aliphatic rings. The quantitative estimate of drug-likeness (QED) is 0.371. The van der Waals surface area contributed by atoms with Gasteiger partial charge in [0.15, 0.2) is 0 Å². The highest BCUT2D eigenvalue weighted by Crippen LogP contribution is 2.26. The first-order chi connectivity index (χ1) is 19.1. The van der Waals surface area contributed by atoms with Crippen molar-refractivity contribution in [3.8, 4) is 11.8 Å². The van der Waals surface area contributed by atoms with E-state index in [9.17, 15) is 14.9 Å². The zero-order valence-corrected chi connectivity index (χ0v) is 23.7. The Kier molecular flexibility index (Phi) is 8.34. The van der Waals surface area contributed by atoms with Crippen molar-refractivity contribution >= 4 is 17.6 Å². The highest BCUT2D eigenvalue weighted by atomic mass is 16.6. The van der Waals surface area contributed by atoms with E-state index in [1.807, 2.05) is 37.8 Å². The molecule has 2 fully saturated rings. The van der Waals surface area contributed by atoms with Gasteiger partial charge in [-0.1, -0.05) is 0 Å². The number of anilines is 1. The number of piperazine rings is 1. The minimum Gasteiger partial charge on any atom is -0.490 e. The lowest BCUT2D eigenvalue weighted by atomic mass is 9.96. The Morgan fingerprint density at radius 1 is 1.05 bits per heavy atom. The molecule has 0 saturated carbocycles. The number of imidazole rings is 1. The molecule has 0 spiro atoms. The molecule has 0 N–H and O–H groups in total. The minimum absolute atomic E-state index is 0.195. The minimum atomic E-state index is -0.513. The normalized spacial score (nSPS) is 20.5. The Bertz CT molecular complexity index is 1160. The van der Waals surface area contributed by atoms with Gasteiger partial charge >= 0.3 is 17.9 Å². The fourth-order valence-corrected chi connectivity index (χ4v) is 5.46. The standard InChI is InChI=1S/C28H40N6O6/c1-28(2,3)40-27(35)32-11-8-21(9-12-32)18-30-14-16-31(17-15-30)22-4-6-23(7-5-22)38-20-24-10-13-33-19-25(34(36)37)29-26(33)39-24/h4-7,19,21,24H,8-18,20H2,1-3H3. The van der Waals surface area contributed by atoms with Crippen molar-refractivity contribution in [1.82, 2.24) is 19.4 Å². The number of rotatable bonds is 7. The Hall–Kier alpha value is -3.54. The van der Waals surface area contributed by atoms with Crippen LogP contribution in [0.2, 0.25) is 0 Å². The molecule has 4 heterocycles. The van der Waals surface area contributed by atoms with Crippen LogP contribution in [0.1, 0.15) is 40.0 Å². The third-order valence-corrected chi connectivity index (χ3v) is 7.67. The highest BCUT2D eigenvalue weighted by Gasteiger charge is 2.30. The molecule has 2 aromatic rings. The Labute approximate surface area is 234 Å². The van der Waals surface area contributed by atoms with E-state index in [0.717, 1.165) is 64.4 Å². The van der Waals surface area contributed by atoms with E-state index in [-0.39, 0.29) is 24.0 Å². The number of hydrogen-bond acceptors (Lipinski definition) is 9. The van der Waals surface area contributed by atoms with Crippen LogP contribution in [-0.2, 0) is 11.3 Å². The van der Waals surface area contributed by atoms with Crippen molar-refractivity contribution in [2.45, 2.75) is 58.3 Å². The van der Waals surface area contributed by atoms with E-state index >= 15 is 0 Å². The van der Waals surface area contributed by atoms with Crippen LogP contribution in [0.4, 0.5) is 16.3 Å². The summed E-state index contributed by atoms with van der Waals surface area (Å²) in [6.07, 6.45) is 3.76. The van der Waals surface area contributed by atoms with Gasteiger partial charge in [0.2, 0.25) is 0 Å². The molecule has 218 valence electrons. The fourth-order valence-electron chi connectivity index (χ4n) is 5.46. The summed E-state index contributed by atoms with van der Waals surface area (Å²) < 4.78 is 18.9. The molecule has 1 unspecified atom stereocenters. The van der Waals surface area contributed by atoms with E-state index < -0.39 is 10.5 Å². The third kappa shape index (κ3) is 7.15. The summed E-state index contributed by atoms with van der Waals surface area (Å²) in [7, 11) is 0. The lowest BCUT2D eigenvalue weighted by Gasteiger charge is -2.39. The molecule has 0 radical (unpaired) electrons. The molecule has 3 aliphatic heterocycles. The van der Waals surface area contributed by atoms with Crippen molar-refractivity contribution < 1.29 is 23.9 Å². The van der Waals surface area contributed by atoms with Gasteiger partial charge < -0.3 is 34.1 Å². The number of nitrogens with zero attached hydrogens (tertiary/aromatic N) is 6. The zero-order valence-electron chi connectivity index (χ0n) is 23.7. The zero-order chi connectivity index (χ0) is 28.3. The second-order valence-corrected chi connectivity index (χ2v) is 11.9. The molecule has 1 amide bonds. The van der Waals surface area contributed by atoms with Gasteiger partial charge in [-0.3, -0.25) is 9.47 Å². The van der Waals surface area contributed by atoms with Gasteiger partial charge in [0, 0.05) is 69.5 Å². The molecule has 40 heavy (non-hydrogen) atoms. The van der Waals surface area contributed by atoms with E-state index in [2.05, 4.69) is 26.9 Å². The van der Waals surface area contributed by atoms with Crippen LogP contribution in [0.25, 0.3) is 0 Å². The van der Waals surface area contributed by atoms with Gasteiger partial charge in [-0.25, -0.2) is 4.79 Å². The highest BCUT2D eigenvalue weighted by molar-refractivity contribution is 5.68. The lowest BCUT2D eigenvalue weighted by Crippen LogP contribution is -2.49. The lowest BCUT2D eigenvalue weighted by molar-refractivity contribution is -0.389. The van der Waals surface area contributed by atoms with Crippen LogP contribution < -0.4 is 14.4 Å². The Balaban J connectivity index is 1.01. The molecule has 1 aromatic heterocycles. The van der Waals surface area contributed by atoms with Crippen molar-refractivity contribution in [2.24, 2.45) is 5.92 Å². The summed E-state index contributed by atoms with van der Waals surface area (Å²) in [5.74, 6) is 1.18. The molecule has 12 nitrogen and oxygen atoms in total. The number of carbonyl (C=O) groups excluding carboxylic acids is 1. The van der Waals surface area contributed by atoms with Gasteiger partial charge in [0.05, 0.1) is 0 Å². The summed E-state index contributed by atoms with van der Waals surface area (Å²) in [4.78, 5) is 33.5. The smallest absolute Gasteiger partial charge is 0.414 e. The molecular weight excluding hydrogens is 516 g/mol. The maximum Gasteiger partial charge on any atom is 0.414 e. The second-order valence-electron chi connectivity index (χ2n) is 11.9. The number of ether oxygens (including phenoxy) is 3. The van der Waals surface area contributed by atoms with Crippen molar-refractivity contribution in [2.75, 3.05) is 57.3 Å². The molecule has 12 heteroatoms. The number of fused-ring (bicyclic) bond motifs is 1. The second kappa shape index (κ2) is 11.9. The number of aromatic nitrogens is 2. The number of amides is 1. The SMILES string of the molecule is CC(C)(C)OC(=O)N1CCC(CN2CCN(c3ccc(OCC4CCn5cc([N+](=O)[O-])nc5O4)cc3)CC2)CC1.